The Kier molecular flexibility index (Phi) is 11.2. The van der Waals surface area contributed by atoms with Crippen LogP contribution in [0.3, 0.4) is 0 Å². The molecule has 6 fully saturated rings. The first-order valence-corrected chi connectivity index (χ1v) is 30.6. The number of allylic oxidation sites excluding steroid dienone is 4. The Morgan fingerprint density at radius 2 is 0.983 bits per heavy atom. The van der Waals surface area contributed by atoms with Crippen LogP contribution < -0.4 is 0 Å². The third-order valence-corrected chi connectivity index (χ3v) is 28.1. The highest BCUT2D eigenvalue weighted by Gasteiger charge is 2.65. The lowest BCUT2D eigenvalue weighted by molar-refractivity contribution is -0.265. The van der Waals surface area contributed by atoms with Crippen LogP contribution in [0.25, 0.3) is 0 Å². The van der Waals surface area contributed by atoms with Gasteiger partial charge in [0.15, 0.2) is 28.2 Å². The zero-order valence-electron chi connectivity index (χ0n) is 38.7. The minimum atomic E-state index is -2.48. The van der Waals surface area contributed by atoms with Crippen molar-refractivity contribution in [2.45, 2.75) is 194 Å². The molecule has 0 aliphatic heterocycles. The maximum absolute atomic E-state index is 13.1. The van der Waals surface area contributed by atoms with E-state index in [1.165, 1.54) is 11.1 Å². The minimum absolute atomic E-state index is 0.216. The van der Waals surface area contributed by atoms with Crippen molar-refractivity contribution in [3.8, 4) is 0 Å². The summed E-state index contributed by atoms with van der Waals surface area (Å²) < 4.78 is 7.25. The Bertz CT molecular complexity index is 1620. The molecule has 8 aliphatic rings. The molecule has 8 rings (SSSR count). The molecule has 4 N–H and O–H groups in total. The highest BCUT2D eigenvalue weighted by Crippen LogP contribution is 2.69. The standard InChI is InChI=1S/C50H82O7Si2/c1-31(49(53,54)41-15-11-13-33-17-19-35-37-21-23-43(51)45(37,3)27-25-39(35)47(33,41)5)29-58(7,8)57-59(9,10)30-32(2)50(55,56)42-16-12-14-34-18-20-36-38-22-24-44(52)46(38,4)28-26-40(36)48(34,42)6/h17-18,31-32,35-42,53-56H,11-16,19-30H2,1-10H3/t31?,32?,35-,36-,37-,38-,39+,40+,41?,42?,45-,46-,47-,48-/m0/s1. The molecule has 0 spiro atoms. The second-order valence-electron chi connectivity index (χ2n) is 24.4. The van der Waals surface area contributed by atoms with Gasteiger partial charge < -0.3 is 24.5 Å². The van der Waals surface area contributed by atoms with Crippen LogP contribution in [0, 0.1) is 80.8 Å². The predicted octanol–water partition coefficient (Wildman–Crippen LogP) is 10.3. The quantitative estimate of drug-likeness (QED) is 0.0980. The van der Waals surface area contributed by atoms with E-state index in [4.69, 9.17) is 4.12 Å². The van der Waals surface area contributed by atoms with Gasteiger partial charge in [-0.25, -0.2) is 0 Å². The van der Waals surface area contributed by atoms with Gasteiger partial charge in [0.05, 0.1) is 0 Å². The molecule has 8 aliphatic carbocycles. The zero-order chi connectivity index (χ0) is 42.9. The van der Waals surface area contributed by atoms with Crippen LogP contribution in [0.2, 0.25) is 38.3 Å². The van der Waals surface area contributed by atoms with E-state index in [0.29, 0.717) is 72.0 Å². The molecule has 0 heterocycles. The smallest absolute Gasteiger partial charge is 0.173 e. The molecule has 14 atom stereocenters. The minimum Gasteiger partial charge on any atom is -0.455 e. The number of aliphatic hydroxyl groups is 4. The van der Waals surface area contributed by atoms with Gasteiger partial charge in [-0.3, -0.25) is 9.59 Å². The lowest BCUT2D eigenvalue weighted by Gasteiger charge is -2.61. The van der Waals surface area contributed by atoms with Crippen molar-refractivity contribution >= 4 is 28.2 Å². The Morgan fingerprint density at radius 1 is 0.610 bits per heavy atom. The molecule has 332 valence electrons. The van der Waals surface area contributed by atoms with Crippen LogP contribution in [-0.2, 0) is 13.7 Å². The van der Waals surface area contributed by atoms with Crippen LogP contribution in [0.1, 0.15) is 144 Å². The Hall–Kier alpha value is -0.946. The van der Waals surface area contributed by atoms with Crippen molar-refractivity contribution in [1.29, 1.82) is 0 Å². The highest BCUT2D eigenvalue weighted by molar-refractivity contribution is 6.84. The molecule has 0 aromatic heterocycles. The Balaban J connectivity index is 0.958. The molecule has 0 saturated heterocycles. The van der Waals surface area contributed by atoms with Crippen LogP contribution >= 0.6 is 0 Å². The van der Waals surface area contributed by atoms with E-state index < -0.39 is 28.2 Å². The van der Waals surface area contributed by atoms with Gasteiger partial charge in [-0.15, -0.1) is 0 Å². The summed E-state index contributed by atoms with van der Waals surface area (Å²) in [5.41, 5.74) is 1.80. The summed E-state index contributed by atoms with van der Waals surface area (Å²) in [7, 11) is -4.96. The Morgan fingerprint density at radius 3 is 1.36 bits per heavy atom. The molecule has 0 bridgehead atoms. The third kappa shape index (κ3) is 6.84. The number of hydrogen-bond donors (Lipinski definition) is 4. The summed E-state index contributed by atoms with van der Waals surface area (Å²) in [6, 6.07) is 1.23. The first-order chi connectivity index (χ1) is 27.3. The fourth-order valence-electron chi connectivity index (χ4n) is 17.6. The molecule has 7 nitrogen and oxygen atoms in total. The van der Waals surface area contributed by atoms with Crippen LogP contribution in [0.5, 0.6) is 0 Å². The predicted molar refractivity (Wildman–Crippen MR) is 239 cm³/mol. The topological polar surface area (TPSA) is 124 Å². The number of carbonyl (C=O) groups excluding carboxylic acids is 2. The van der Waals surface area contributed by atoms with E-state index in [2.05, 4.69) is 66.0 Å². The summed E-state index contributed by atoms with van der Waals surface area (Å²) in [4.78, 5) is 26.2. The molecule has 0 amide bonds. The largest absolute Gasteiger partial charge is 0.455 e. The first-order valence-electron chi connectivity index (χ1n) is 24.4. The Labute approximate surface area is 359 Å². The van der Waals surface area contributed by atoms with E-state index in [9.17, 15) is 30.0 Å². The summed E-state index contributed by atoms with van der Waals surface area (Å²) >= 11 is 0. The molecular formula is C50H82O7Si2. The lowest BCUT2D eigenvalue weighted by atomic mass is 9.44. The van der Waals surface area contributed by atoms with Crippen molar-refractivity contribution in [2.75, 3.05) is 0 Å². The first kappa shape index (κ1) is 44.7. The average molecular weight is 851 g/mol. The van der Waals surface area contributed by atoms with E-state index in [-0.39, 0.29) is 45.3 Å². The van der Waals surface area contributed by atoms with Gasteiger partial charge >= 0.3 is 0 Å². The molecule has 6 saturated carbocycles. The third-order valence-electron chi connectivity index (χ3n) is 20.4. The van der Waals surface area contributed by atoms with E-state index >= 15 is 0 Å². The monoisotopic (exact) mass is 851 g/mol. The number of Topliss-reactive ketones (excluding diaryl/α,β-unsaturated/α-hetero) is 2. The number of ketones is 2. The van der Waals surface area contributed by atoms with Gasteiger partial charge in [0.2, 0.25) is 0 Å². The summed E-state index contributed by atoms with van der Waals surface area (Å²) in [6.45, 7) is 22.1. The van der Waals surface area contributed by atoms with Crippen molar-refractivity contribution in [3.63, 3.8) is 0 Å². The molecule has 0 aromatic carbocycles. The van der Waals surface area contributed by atoms with Gasteiger partial charge in [-0.05, 0) is 175 Å². The number of carbonyl (C=O) groups is 2. The van der Waals surface area contributed by atoms with Crippen molar-refractivity contribution < 1.29 is 34.1 Å². The van der Waals surface area contributed by atoms with Gasteiger partial charge in [-0.1, -0.05) is 64.8 Å². The van der Waals surface area contributed by atoms with E-state index in [1.807, 2.05) is 13.8 Å². The normalized spacial score (nSPS) is 43.6. The number of rotatable bonds is 10. The molecule has 9 heteroatoms. The molecule has 0 radical (unpaired) electrons. The van der Waals surface area contributed by atoms with Gasteiger partial charge in [0.1, 0.15) is 11.6 Å². The maximum atomic E-state index is 13.1. The van der Waals surface area contributed by atoms with Crippen LogP contribution in [0.15, 0.2) is 23.3 Å². The molecule has 59 heavy (non-hydrogen) atoms. The second kappa shape index (κ2) is 14.8. The summed E-state index contributed by atoms with van der Waals surface area (Å²) in [5, 5.41) is 49.9. The summed E-state index contributed by atoms with van der Waals surface area (Å²) in [5.74, 6) is -1.82. The number of fused-ring (bicyclic) bond motifs is 10. The van der Waals surface area contributed by atoms with E-state index in [1.54, 1.807) is 0 Å². The maximum Gasteiger partial charge on any atom is 0.173 e. The average Bonchev–Trinajstić information content (AvgIpc) is 3.62. The van der Waals surface area contributed by atoms with Gasteiger partial charge in [0.25, 0.3) is 0 Å². The van der Waals surface area contributed by atoms with Gasteiger partial charge in [-0.2, -0.15) is 0 Å². The fraction of sp³-hybridized carbons (Fsp3) is 0.880. The number of hydrogen-bond acceptors (Lipinski definition) is 7. The molecular weight excluding hydrogens is 769 g/mol. The highest BCUT2D eigenvalue weighted by atomic mass is 28.4. The van der Waals surface area contributed by atoms with E-state index in [0.717, 1.165) is 89.9 Å². The fourth-order valence-corrected chi connectivity index (χ4v) is 27.8. The summed E-state index contributed by atoms with van der Waals surface area (Å²) in [6.07, 6.45) is 19.7. The molecule has 4 unspecified atom stereocenters. The van der Waals surface area contributed by atoms with Crippen LogP contribution in [0.4, 0.5) is 0 Å². The van der Waals surface area contributed by atoms with Gasteiger partial charge in [0, 0.05) is 47.3 Å². The zero-order valence-corrected chi connectivity index (χ0v) is 40.7. The van der Waals surface area contributed by atoms with Crippen molar-refractivity contribution in [2.24, 2.45) is 80.8 Å². The second-order valence-corrected chi connectivity index (χ2v) is 33.0. The van der Waals surface area contributed by atoms with Crippen molar-refractivity contribution in [3.05, 3.63) is 23.3 Å². The van der Waals surface area contributed by atoms with Crippen LogP contribution in [-0.4, -0.2) is 60.2 Å². The van der Waals surface area contributed by atoms with Crippen molar-refractivity contribution in [1.82, 2.24) is 0 Å². The lowest BCUT2D eigenvalue weighted by Crippen LogP contribution is -2.61. The SMILES string of the molecule is CC(C[Si](C)(C)O[Si](C)(C)CC(C)C(O)(O)C1CCCC2=CC[C@@H]3[C@@H](CC[C@]4(C)C(=O)CC[C@@H]34)[C@]21C)C(O)(O)C1CCCC2=CC[C@@H]3[C@@H](CC[C@]4(C)C(=O)CC[C@@H]34)[C@]21C. The molecule has 0 aromatic rings.